The van der Waals surface area contributed by atoms with Crippen LogP contribution < -0.4 is 10.5 Å². The van der Waals surface area contributed by atoms with Crippen LogP contribution in [0.25, 0.3) is 10.1 Å². The fourth-order valence-electron chi connectivity index (χ4n) is 2.27. The quantitative estimate of drug-likeness (QED) is 0.775. The summed E-state index contributed by atoms with van der Waals surface area (Å²) in [5, 5.41) is 9.90. The van der Waals surface area contributed by atoms with Crippen LogP contribution in [0.2, 0.25) is 0 Å². The number of ether oxygens (including phenoxy) is 1. The van der Waals surface area contributed by atoms with Crippen molar-refractivity contribution < 1.29 is 14.6 Å². The SMILES string of the molecule is Cc1c(C(N)=O)sc2cncc(Oc3ccc(CO)cc3)c12. The van der Waals surface area contributed by atoms with Crippen molar-refractivity contribution >= 4 is 27.3 Å². The summed E-state index contributed by atoms with van der Waals surface area (Å²) in [5.74, 6) is 0.769. The number of amides is 1. The third-order valence-electron chi connectivity index (χ3n) is 3.36. The Bertz CT molecular complexity index is 840. The molecule has 3 aromatic rings. The predicted molar refractivity (Wildman–Crippen MR) is 85.3 cm³/mol. The van der Waals surface area contributed by atoms with Gasteiger partial charge in [-0.15, -0.1) is 11.3 Å². The van der Waals surface area contributed by atoms with Gasteiger partial charge in [-0.1, -0.05) is 12.1 Å². The lowest BCUT2D eigenvalue weighted by Crippen LogP contribution is -2.09. The fourth-order valence-corrected chi connectivity index (χ4v) is 3.32. The minimum Gasteiger partial charge on any atom is -0.455 e. The molecule has 3 rings (SSSR count). The number of aliphatic hydroxyl groups excluding tert-OH is 1. The van der Waals surface area contributed by atoms with Crippen LogP contribution in [0.15, 0.2) is 36.7 Å². The van der Waals surface area contributed by atoms with Gasteiger partial charge in [0.05, 0.1) is 22.4 Å². The first-order valence-electron chi connectivity index (χ1n) is 6.64. The number of hydrogen-bond donors (Lipinski definition) is 2. The number of thiophene rings is 1. The number of nitrogens with zero attached hydrogens (tertiary/aromatic N) is 1. The third-order valence-corrected chi connectivity index (χ3v) is 4.60. The summed E-state index contributed by atoms with van der Waals surface area (Å²) in [6, 6.07) is 7.14. The Morgan fingerprint density at radius 1 is 1.32 bits per heavy atom. The molecule has 112 valence electrons. The highest BCUT2D eigenvalue weighted by Gasteiger charge is 2.17. The lowest BCUT2D eigenvalue weighted by Gasteiger charge is -2.08. The molecule has 5 nitrogen and oxygen atoms in total. The van der Waals surface area contributed by atoms with Gasteiger partial charge in [-0.25, -0.2) is 0 Å². The summed E-state index contributed by atoms with van der Waals surface area (Å²) in [6.45, 7) is 1.84. The Balaban J connectivity index is 2.04. The molecule has 3 N–H and O–H groups in total. The van der Waals surface area contributed by atoms with Crippen LogP contribution in [-0.4, -0.2) is 16.0 Å². The Hall–Kier alpha value is -2.44. The minimum absolute atomic E-state index is 0.0109. The number of benzene rings is 1. The van der Waals surface area contributed by atoms with E-state index in [9.17, 15) is 4.79 Å². The lowest BCUT2D eigenvalue weighted by molar-refractivity contribution is 0.100. The van der Waals surface area contributed by atoms with Gasteiger partial charge in [-0.05, 0) is 30.2 Å². The van der Waals surface area contributed by atoms with Gasteiger partial charge in [-0.3, -0.25) is 9.78 Å². The van der Waals surface area contributed by atoms with Crippen LogP contribution in [0.5, 0.6) is 11.5 Å². The van der Waals surface area contributed by atoms with Crippen LogP contribution in [0, 0.1) is 6.92 Å². The van der Waals surface area contributed by atoms with Gasteiger partial charge in [0, 0.05) is 11.6 Å². The number of carbonyl (C=O) groups excluding carboxylic acids is 1. The zero-order valence-electron chi connectivity index (χ0n) is 11.9. The average Bonchev–Trinajstić information content (AvgIpc) is 2.86. The highest BCUT2D eigenvalue weighted by Crippen LogP contribution is 2.37. The van der Waals surface area contributed by atoms with E-state index in [0.29, 0.717) is 16.4 Å². The van der Waals surface area contributed by atoms with E-state index in [-0.39, 0.29) is 6.61 Å². The molecule has 0 bridgehead atoms. The van der Waals surface area contributed by atoms with Crippen molar-refractivity contribution in [3.63, 3.8) is 0 Å². The molecule has 22 heavy (non-hydrogen) atoms. The number of primary amides is 1. The topological polar surface area (TPSA) is 85.4 Å². The zero-order chi connectivity index (χ0) is 15.7. The van der Waals surface area contributed by atoms with Crippen LogP contribution >= 0.6 is 11.3 Å². The van der Waals surface area contributed by atoms with Gasteiger partial charge in [0.15, 0.2) is 5.75 Å². The average molecular weight is 314 g/mol. The predicted octanol–water partition coefficient (Wildman–Crippen LogP) is 2.99. The maximum Gasteiger partial charge on any atom is 0.259 e. The van der Waals surface area contributed by atoms with Gasteiger partial charge in [0.2, 0.25) is 0 Å². The summed E-state index contributed by atoms with van der Waals surface area (Å²) < 4.78 is 6.73. The zero-order valence-corrected chi connectivity index (χ0v) is 12.7. The Morgan fingerprint density at radius 2 is 2.05 bits per heavy atom. The summed E-state index contributed by atoms with van der Waals surface area (Å²) in [4.78, 5) is 16.1. The van der Waals surface area contributed by atoms with E-state index in [2.05, 4.69) is 4.98 Å². The molecule has 0 spiro atoms. The first-order chi connectivity index (χ1) is 10.6. The molecule has 6 heteroatoms. The standard InChI is InChI=1S/C16H14N2O3S/c1-9-14-12(21-11-4-2-10(8-19)3-5-11)6-18-7-13(14)22-15(9)16(17)20/h2-7,19H,8H2,1H3,(H2,17,20). The van der Waals surface area contributed by atoms with Crippen LogP contribution in [0.4, 0.5) is 0 Å². The maximum absolute atomic E-state index is 11.5. The van der Waals surface area contributed by atoms with E-state index in [1.54, 1.807) is 36.7 Å². The molecule has 0 aliphatic heterocycles. The molecule has 0 aliphatic rings. The third kappa shape index (κ3) is 2.54. The second kappa shape index (κ2) is 5.75. The van der Waals surface area contributed by atoms with Crippen molar-refractivity contribution in [2.75, 3.05) is 0 Å². The molecule has 2 heterocycles. The maximum atomic E-state index is 11.5. The first-order valence-corrected chi connectivity index (χ1v) is 7.46. The first kappa shape index (κ1) is 14.5. The van der Waals surface area contributed by atoms with Gasteiger partial charge < -0.3 is 15.6 Å². The molecule has 0 saturated heterocycles. The number of aromatic nitrogens is 1. The van der Waals surface area contributed by atoms with Crippen molar-refractivity contribution in [3.05, 3.63) is 52.7 Å². The number of rotatable bonds is 4. The molecule has 1 aromatic carbocycles. The van der Waals surface area contributed by atoms with Crippen molar-refractivity contribution in [1.82, 2.24) is 4.98 Å². The van der Waals surface area contributed by atoms with Crippen LogP contribution in [-0.2, 0) is 6.61 Å². The summed E-state index contributed by atoms with van der Waals surface area (Å²) in [5.41, 5.74) is 7.01. The van der Waals surface area contributed by atoms with E-state index in [0.717, 1.165) is 21.2 Å². The number of aliphatic hydroxyl groups is 1. The molecular weight excluding hydrogens is 300 g/mol. The number of fused-ring (bicyclic) bond motifs is 1. The molecule has 2 aromatic heterocycles. The van der Waals surface area contributed by atoms with Crippen molar-refractivity contribution in [3.8, 4) is 11.5 Å². The molecule has 0 unspecified atom stereocenters. The van der Waals surface area contributed by atoms with E-state index in [1.165, 1.54) is 11.3 Å². The van der Waals surface area contributed by atoms with Gasteiger partial charge in [-0.2, -0.15) is 0 Å². The highest BCUT2D eigenvalue weighted by atomic mass is 32.1. The van der Waals surface area contributed by atoms with E-state index in [1.807, 2.05) is 6.92 Å². The monoisotopic (exact) mass is 314 g/mol. The summed E-state index contributed by atoms with van der Waals surface area (Å²) >= 11 is 1.31. The number of nitrogens with two attached hydrogens (primary N) is 1. The Kier molecular flexibility index (Phi) is 3.79. The van der Waals surface area contributed by atoms with E-state index < -0.39 is 5.91 Å². The molecule has 0 atom stereocenters. The second-order valence-electron chi connectivity index (χ2n) is 4.84. The molecular formula is C16H14N2O3S. The van der Waals surface area contributed by atoms with Crippen molar-refractivity contribution in [2.24, 2.45) is 5.73 Å². The van der Waals surface area contributed by atoms with E-state index >= 15 is 0 Å². The molecule has 0 saturated carbocycles. The van der Waals surface area contributed by atoms with Gasteiger partial charge in [0.1, 0.15) is 5.75 Å². The largest absolute Gasteiger partial charge is 0.455 e. The van der Waals surface area contributed by atoms with Crippen molar-refractivity contribution in [1.29, 1.82) is 0 Å². The normalized spacial score (nSPS) is 10.8. The second-order valence-corrected chi connectivity index (χ2v) is 5.89. The Labute approximate surface area is 131 Å². The molecule has 1 amide bonds. The van der Waals surface area contributed by atoms with E-state index in [4.69, 9.17) is 15.6 Å². The number of pyridine rings is 1. The molecule has 0 aliphatic carbocycles. The minimum atomic E-state index is -0.447. The van der Waals surface area contributed by atoms with Crippen LogP contribution in [0.1, 0.15) is 20.8 Å². The van der Waals surface area contributed by atoms with Crippen LogP contribution in [0.3, 0.4) is 0 Å². The highest BCUT2D eigenvalue weighted by molar-refractivity contribution is 7.21. The lowest BCUT2D eigenvalue weighted by atomic mass is 10.1. The van der Waals surface area contributed by atoms with Crippen molar-refractivity contribution in [2.45, 2.75) is 13.5 Å². The summed E-state index contributed by atoms with van der Waals surface area (Å²) in [6.07, 6.45) is 3.31. The van der Waals surface area contributed by atoms with Gasteiger partial charge >= 0.3 is 0 Å². The molecule has 0 fully saturated rings. The Morgan fingerprint density at radius 3 is 2.68 bits per heavy atom. The number of aryl methyl sites for hydroxylation is 1. The van der Waals surface area contributed by atoms with Gasteiger partial charge in [0.25, 0.3) is 5.91 Å². The summed E-state index contributed by atoms with van der Waals surface area (Å²) in [7, 11) is 0. The fraction of sp³-hybridized carbons (Fsp3) is 0.125. The number of hydrogen-bond acceptors (Lipinski definition) is 5. The molecule has 0 radical (unpaired) electrons. The number of carbonyl (C=O) groups is 1. The smallest absolute Gasteiger partial charge is 0.259 e.